The second-order valence-corrected chi connectivity index (χ2v) is 6.56. The molecule has 0 aliphatic carbocycles. The molecule has 3 rings (SSSR count). The molecule has 1 aliphatic heterocycles. The lowest BCUT2D eigenvalue weighted by Crippen LogP contribution is -2.28. The lowest BCUT2D eigenvalue weighted by atomic mass is 9.99. The maximum atomic E-state index is 12.6. The van der Waals surface area contributed by atoms with Crippen molar-refractivity contribution < 1.29 is 14.3 Å². The normalized spacial score (nSPS) is 16.7. The first-order valence-corrected chi connectivity index (χ1v) is 9.06. The zero-order valence-electron chi connectivity index (χ0n) is 16.1. The van der Waals surface area contributed by atoms with E-state index in [1.807, 2.05) is 74.5 Å². The van der Waals surface area contributed by atoms with Crippen LogP contribution in [-0.2, 0) is 4.79 Å². The number of hydrogen-bond acceptors (Lipinski definition) is 4. The predicted octanol–water partition coefficient (Wildman–Crippen LogP) is 4.19. The van der Waals surface area contributed by atoms with Gasteiger partial charge in [-0.05, 0) is 43.2 Å². The van der Waals surface area contributed by atoms with Crippen LogP contribution in [0.1, 0.15) is 31.0 Å². The predicted molar refractivity (Wildman–Crippen MR) is 108 cm³/mol. The van der Waals surface area contributed by atoms with Crippen molar-refractivity contribution in [1.82, 2.24) is 5.32 Å². The highest BCUT2D eigenvalue weighted by Crippen LogP contribution is 2.38. The molecule has 1 amide bonds. The molecule has 0 bridgehead atoms. The Labute approximate surface area is 164 Å². The number of methoxy groups -OCH3 is 1. The summed E-state index contributed by atoms with van der Waals surface area (Å²) < 4.78 is 11.3. The topological polar surface area (TPSA) is 71.3 Å². The summed E-state index contributed by atoms with van der Waals surface area (Å²) in [5, 5.41) is 12.4. The molecule has 2 aromatic rings. The highest BCUT2D eigenvalue weighted by atomic mass is 16.5. The molecule has 0 spiro atoms. The lowest BCUT2D eigenvalue weighted by molar-refractivity contribution is -0.117. The van der Waals surface area contributed by atoms with Gasteiger partial charge in [0.15, 0.2) is 11.5 Å². The summed E-state index contributed by atoms with van der Waals surface area (Å²) in [6.07, 6.45) is 3.18. The molecule has 0 aromatic heterocycles. The zero-order valence-corrected chi connectivity index (χ0v) is 16.1. The average molecular weight is 374 g/mol. The molecule has 5 nitrogen and oxygen atoms in total. The van der Waals surface area contributed by atoms with Crippen molar-refractivity contribution in [3.8, 4) is 17.6 Å². The molecular formula is C23H22N2O3. The quantitative estimate of drug-likeness (QED) is 0.629. The van der Waals surface area contributed by atoms with Gasteiger partial charge in [-0.15, -0.1) is 0 Å². The third-order valence-electron chi connectivity index (χ3n) is 4.64. The van der Waals surface area contributed by atoms with Crippen LogP contribution in [0.2, 0.25) is 0 Å². The van der Waals surface area contributed by atoms with Crippen molar-refractivity contribution in [3.05, 3.63) is 76.9 Å². The summed E-state index contributed by atoms with van der Waals surface area (Å²) >= 11 is 0. The Bertz CT molecular complexity index is 971. The maximum Gasteiger partial charge on any atom is 0.262 e. The van der Waals surface area contributed by atoms with Crippen LogP contribution < -0.4 is 14.8 Å². The molecule has 28 heavy (non-hydrogen) atoms. The van der Waals surface area contributed by atoms with E-state index < -0.39 is 5.91 Å². The molecule has 1 aliphatic rings. The third-order valence-corrected chi connectivity index (χ3v) is 4.64. The average Bonchev–Trinajstić information content (AvgIpc) is 2.72. The fourth-order valence-corrected chi connectivity index (χ4v) is 3.05. The van der Waals surface area contributed by atoms with Crippen LogP contribution >= 0.6 is 0 Å². The fraction of sp³-hybridized carbons (Fsp3) is 0.217. The van der Waals surface area contributed by atoms with E-state index in [-0.39, 0.29) is 17.7 Å². The molecule has 142 valence electrons. The molecule has 0 saturated heterocycles. The number of fused-ring (bicyclic) bond motifs is 1. The minimum atomic E-state index is -0.414. The van der Waals surface area contributed by atoms with E-state index >= 15 is 0 Å². The Balaban J connectivity index is 1.84. The van der Waals surface area contributed by atoms with Crippen LogP contribution in [0.25, 0.3) is 6.08 Å². The van der Waals surface area contributed by atoms with E-state index in [1.54, 1.807) is 13.2 Å². The van der Waals surface area contributed by atoms with Crippen LogP contribution in [0.15, 0.2) is 65.8 Å². The molecule has 2 aromatic carbocycles. The molecule has 0 fully saturated rings. The monoisotopic (exact) mass is 374 g/mol. The van der Waals surface area contributed by atoms with Crippen LogP contribution in [0.5, 0.6) is 11.5 Å². The zero-order chi connectivity index (χ0) is 20.1. The van der Waals surface area contributed by atoms with Gasteiger partial charge in [0.25, 0.3) is 5.91 Å². The Morgan fingerprint density at radius 3 is 2.68 bits per heavy atom. The summed E-state index contributed by atoms with van der Waals surface area (Å²) in [6.45, 7) is 3.76. The highest BCUT2D eigenvalue weighted by Gasteiger charge is 2.22. The van der Waals surface area contributed by atoms with Crippen molar-refractivity contribution in [1.29, 1.82) is 5.26 Å². The van der Waals surface area contributed by atoms with E-state index in [0.717, 1.165) is 16.7 Å². The summed E-state index contributed by atoms with van der Waals surface area (Å²) in [4.78, 5) is 12.6. The van der Waals surface area contributed by atoms with Crippen LogP contribution in [0, 0.1) is 11.3 Å². The van der Waals surface area contributed by atoms with Crippen molar-refractivity contribution in [2.24, 2.45) is 0 Å². The largest absolute Gasteiger partial charge is 0.493 e. The number of carbonyl (C=O) groups is 1. The minimum Gasteiger partial charge on any atom is -0.493 e. The van der Waals surface area contributed by atoms with Crippen molar-refractivity contribution in [2.45, 2.75) is 26.0 Å². The SMILES string of the molecule is COc1cccc2c1OC(C)C(C=C(C#N)C(=O)NC(C)c1ccccc1)=C2. The molecule has 2 unspecified atom stereocenters. The van der Waals surface area contributed by atoms with Gasteiger partial charge in [-0.3, -0.25) is 4.79 Å². The van der Waals surface area contributed by atoms with E-state index in [0.29, 0.717) is 11.5 Å². The van der Waals surface area contributed by atoms with Crippen molar-refractivity contribution in [3.63, 3.8) is 0 Å². The van der Waals surface area contributed by atoms with E-state index in [4.69, 9.17) is 9.47 Å². The molecule has 0 radical (unpaired) electrons. The number of para-hydroxylation sites is 1. The van der Waals surface area contributed by atoms with E-state index in [9.17, 15) is 10.1 Å². The molecular weight excluding hydrogens is 352 g/mol. The minimum absolute atomic E-state index is 0.0378. The number of nitrogens with zero attached hydrogens (tertiary/aromatic N) is 1. The van der Waals surface area contributed by atoms with Crippen molar-refractivity contribution >= 4 is 12.0 Å². The Morgan fingerprint density at radius 2 is 2.00 bits per heavy atom. The molecule has 0 saturated carbocycles. The van der Waals surface area contributed by atoms with Gasteiger partial charge < -0.3 is 14.8 Å². The summed E-state index contributed by atoms with van der Waals surface area (Å²) in [5.74, 6) is 0.900. The smallest absolute Gasteiger partial charge is 0.262 e. The number of nitriles is 1. The van der Waals surface area contributed by atoms with Gasteiger partial charge in [0.2, 0.25) is 0 Å². The molecule has 1 heterocycles. The first kappa shape index (κ1) is 19.2. The maximum absolute atomic E-state index is 12.6. The number of amides is 1. The van der Waals surface area contributed by atoms with E-state index in [2.05, 4.69) is 5.32 Å². The van der Waals surface area contributed by atoms with Crippen LogP contribution in [0.3, 0.4) is 0 Å². The number of benzene rings is 2. The van der Waals surface area contributed by atoms with E-state index in [1.165, 1.54) is 0 Å². The highest BCUT2D eigenvalue weighted by molar-refractivity contribution is 5.98. The third kappa shape index (κ3) is 4.07. The van der Waals surface area contributed by atoms with Gasteiger partial charge in [0.05, 0.1) is 13.2 Å². The molecule has 5 heteroatoms. The fourth-order valence-electron chi connectivity index (χ4n) is 3.05. The molecule has 1 N–H and O–H groups in total. The lowest BCUT2D eigenvalue weighted by Gasteiger charge is -2.24. The number of carbonyl (C=O) groups excluding carboxylic acids is 1. The van der Waals surface area contributed by atoms with Gasteiger partial charge >= 0.3 is 0 Å². The Kier molecular flexibility index (Phi) is 5.81. The Hall–Kier alpha value is -3.52. The van der Waals surface area contributed by atoms with Gasteiger partial charge in [-0.1, -0.05) is 42.5 Å². The van der Waals surface area contributed by atoms with Crippen molar-refractivity contribution in [2.75, 3.05) is 7.11 Å². The van der Waals surface area contributed by atoms with Gasteiger partial charge in [0.1, 0.15) is 17.7 Å². The van der Waals surface area contributed by atoms with Gasteiger partial charge in [-0.2, -0.15) is 5.26 Å². The number of nitrogens with one attached hydrogen (secondary N) is 1. The first-order valence-electron chi connectivity index (χ1n) is 9.06. The second-order valence-electron chi connectivity index (χ2n) is 6.56. The number of ether oxygens (including phenoxy) is 2. The van der Waals surface area contributed by atoms with Crippen LogP contribution in [0.4, 0.5) is 0 Å². The standard InChI is InChI=1S/C23H22N2O3/c1-15(17-8-5-4-6-9-17)25-23(26)20(14-24)13-19-12-18-10-7-11-21(27-3)22(18)28-16(19)2/h4-13,15-16H,1-3H3,(H,25,26). The first-order chi connectivity index (χ1) is 13.5. The second kappa shape index (κ2) is 8.45. The summed E-state index contributed by atoms with van der Waals surface area (Å²) in [5.41, 5.74) is 2.61. The van der Waals surface area contributed by atoms with Gasteiger partial charge in [0, 0.05) is 5.56 Å². The summed E-state index contributed by atoms with van der Waals surface area (Å²) in [6, 6.07) is 17.0. The van der Waals surface area contributed by atoms with Crippen LogP contribution in [-0.4, -0.2) is 19.1 Å². The molecule has 2 atom stereocenters. The van der Waals surface area contributed by atoms with Gasteiger partial charge in [-0.25, -0.2) is 0 Å². The summed E-state index contributed by atoms with van der Waals surface area (Å²) in [7, 11) is 1.59. The number of rotatable bonds is 5. The number of hydrogen-bond donors (Lipinski definition) is 1. The Morgan fingerprint density at radius 1 is 1.25 bits per heavy atom.